The number of carbonyl (C=O) groups is 5. The average molecular weight is 1780 g/mol. The maximum Gasteiger partial charge on any atom is 0.266 e. The first-order valence-electron chi connectivity index (χ1n) is 48.4. The number of aromatic nitrogens is 1. The number of benzene rings is 6. The number of likely N-dealkylation sites (N-methyl/N-ethyl adjacent to an activating group) is 3. The second-order valence-electron chi connectivity index (χ2n) is 39.4. The zero-order chi connectivity index (χ0) is 92.6. The van der Waals surface area contributed by atoms with Crippen molar-refractivity contribution in [2.45, 2.75) is 272 Å². The summed E-state index contributed by atoms with van der Waals surface area (Å²) < 4.78 is 19.0. The molecule has 11 aliphatic rings. The average Bonchev–Trinajstić information content (AvgIpc) is 1.63. The summed E-state index contributed by atoms with van der Waals surface area (Å²) in [7, 11) is 10.2. The molecule has 0 bridgehead atoms. The number of guanidine groups is 5. The van der Waals surface area contributed by atoms with Gasteiger partial charge in [0.05, 0.1) is 31.0 Å². The molecule has 9 atom stereocenters. The van der Waals surface area contributed by atoms with Crippen LogP contribution < -0.4 is 44.0 Å². The molecule has 0 spiro atoms. The van der Waals surface area contributed by atoms with E-state index in [1.165, 1.54) is 194 Å². The van der Waals surface area contributed by atoms with Crippen LogP contribution in [0.4, 0.5) is 4.39 Å². The van der Waals surface area contributed by atoms with Crippen LogP contribution in [0.5, 0.6) is 5.75 Å². The van der Waals surface area contributed by atoms with E-state index in [-0.39, 0.29) is 53.2 Å². The highest BCUT2D eigenvalue weighted by molar-refractivity contribution is 6.10. The second-order valence-corrected chi connectivity index (χ2v) is 39.4. The van der Waals surface area contributed by atoms with Crippen LogP contribution >= 0.6 is 0 Å². The normalized spacial score (nSPS) is 26.7. The number of pyridine rings is 1. The molecule has 6 aromatic carbocycles. The Morgan fingerprint density at radius 2 is 0.802 bits per heavy atom. The fourth-order valence-electron chi connectivity index (χ4n) is 21.7. The lowest BCUT2D eigenvalue weighted by atomic mass is 9.74. The third kappa shape index (κ3) is 23.3. The molecule has 25 heteroatoms. The minimum absolute atomic E-state index is 0.0261. The third-order valence-electron chi connectivity index (χ3n) is 29.8. The maximum atomic E-state index is 13.7. The largest absolute Gasteiger partial charge is 0.497 e. The van der Waals surface area contributed by atoms with Crippen molar-refractivity contribution >= 4 is 59.3 Å². The van der Waals surface area contributed by atoms with E-state index >= 15 is 0 Å². The van der Waals surface area contributed by atoms with Gasteiger partial charge in [0.1, 0.15) is 22.6 Å². The van der Waals surface area contributed by atoms with Crippen molar-refractivity contribution in [2.75, 3.05) is 48.9 Å². The number of carbonyl (C=O) groups excluding carboxylic acids is 5. The fraction of sp³-hybridized carbons (Fsp3) is 0.519. The van der Waals surface area contributed by atoms with E-state index in [9.17, 15) is 28.4 Å². The molecule has 12 N–H and O–H groups in total. The van der Waals surface area contributed by atoms with Crippen molar-refractivity contribution in [1.29, 1.82) is 0 Å². The van der Waals surface area contributed by atoms with Gasteiger partial charge in [0, 0.05) is 65.8 Å². The zero-order valence-corrected chi connectivity index (χ0v) is 78.5. The Morgan fingerprint density at radius 1 is 0.389 bits per heavy atom. The Morgan fingerprint density at radius 3 is 1.27 bits per heavy atom. The number of aliphatic imine (C=N–C) groups is 5. The van der Waals surface area contributed by atoms with Gasteiger partial charge in [-0.05, 0) is 244 Å². The summed E-state index contributed by atoms with van der Waals surface area (Å²) in [5, 5.41) is 7.79. The van der Waals surface area contributed by atoms with Crippen molar-refractivity contribution in [3.05, 3.63) is 204 Å². The van der Waals surface area contributed by atoms with Crippen LogP contribution in [0.1, 0.15) is 248 Å². The van der Waals surface area contributed by atoms with Gasteiger partial charge < -0.3 is 44.0 Å². The molecular formula is C106H141FN18O6. The molecule has 6 fully saturated rings. The molecule has 24 nitrogen and oxygen atoms in total. The first-order valence-corrected chi connectivity index (χ1v) is 48.4. The van der Waals surface area contributed by atoms with Crippen LogP contribution in [-0.4, -0.2) is 167 Å². The number of halogens is 1. The van der Waals surface area contributed by atoms with E-state index in [2.05, 4.69) is 36.7 Å². The van der Waals surface area contributed by atoms with E-state index in [4.69, 9.17) is 43.4 Å². The van der Waals surface area contributed by atoms with Gasteiger partial charge in [0.25, 0.3) is 17.7 Å². The Labute approximate surface area is 775 Å². The number of amides is 5. The van der Waals surface area contributed by atoms with Crippen LogP contribution in [0.2, 0.25) is 0 Å². The molecule has 6 saturated carbocycles. The Kier molecular flexibility index (Phi) is 31.5. The van der Waals surface area contributed by atoms with Crippen LogP contribution in [0.25, 0.3) is 33.4 Å². The molecule has 5 aliphatic heterocycles. The van der Waals surface area contributed by atoms with Gasteiger partial charge in [-0.2, -0.15) is 0 Å². The van der Waals surface area contributed by atoms with Gasteiger partial charge in [-0.25, -0.2) is 29.4 Å². The van der Waals surface area contributed by atoms with E-state index < -0.39 is 27.7 Å². The highest BCUT2D eigenvalue weighted by Crippen LogP contribution is 2.47. The SMILES string of the molecule is CN1C(=O)C(c2ccccc2)(c2cccc(-c3cccc(F)c3)c2)N=C1N.CN1C(=O)C[C@@](C)(c2cccc(-c3cccnc3)c2)N=C1N.CN1C(=O)[C@@](CCC2CCCCC2)(C[C@H]2CCC[C@@H](NC3CCCCC3)C2)N=C1N.CN1C(=O)[C@@](CCC2CCCCC2)(C[C@H]2CCC[C@@H](NCC3CC3)C2)N=C1N.COc1cccc(-c2cccc([C@]3(C)CC(=O)N(C)C(N)=N3)c2)c1. The summed E-state index contributed by atoms with van der Waals surface area (Å²) in [5.41, 5.74) is 35.4. The molecule has 5 amide bonds. The van der Waals surface area contributed by atoms with Gasteiger partial charge in [-0.3, -0.25) is 53.5 Å². The summed E-state index contributed by atoms with van der Waals surface area (Å²) in [6.45, 7) is 5.07. The molecule has 1 aromatic heterocycles. The fourth-order valence-corrected chi connectivity index (χ4v) is 21.7. The van der Waals surface area contributed by atoms with Gasteiger partial charge in [0.15, 0.2) is 35.3 Å². The predicted molar refractivity (Wildman–Crippen MR) is 522 cm³/mol. The molecular weight excluding hydrogens is 1640 g/mol. The van der Waals surface area contributed by atoms with Crippen LogP contribution in [0, 0.1) is 35.4 Å². The highest BCUT2D eigenvalue weighted by atomic mass is 19.1. The number of ether oxygens (including phenoxy) is 1. The van der Waals surface area contributed by atoms with Crippen molar-refractivity contribution in [3.63, 3.8) is 0 Å². The Balaban J connectivity index is 0.000000132. The summed E-state index contributed by atoms with van der Waals surface area (Å²) >= 11 is 0. The summed E-state index contributed by atoms with van der Waals surface area (Å²) in [6.07, 6.45) is 43.2. The Bertz CT molecular complexity index is 5280. The monoisotopic (exact) mass is 1780 g/mol. The highest BCUT2D eigenvalue weighted by Gasteiger charge is 2.52. The lowest BCUT2D eigenvalue weighted by Gasteiger charge is -2.37. The van der Waals surface area contributed by atoms with E-state index in [1.807, 2.05) is 160 Å². The third-order valence-corrected chi connectivity index (χ3v) is 29.8. The first-order chi connectivity index (χ1) is 63.0. The van der Waals surface area contributed by atoms with Gasteiger partial charge in [0.2, 0.25) is 11.8 Å². The molecule has 0 saturated heterocycles. The molecule has 6 aliphatic carbocycles. The number of nitrogens with zero attached hydrogens (tertiary/aromatic N) is 11. The lowest BCUT2D eigenvalue weighted by molar-refractivity contribution is -0.132. The lowest BCUT2D eigenvalue weighted by Crippen LogP contribution is -2.47. The molecule has 7 aromatic rings. The standard InChI is InChI=1S/C25H44N4O.C23H40N4O.C22H18FN3O.C19H21N3O2.C17H18N4O/c1-29-23(30)25(28-24(29)26,16-15-19-9-4-2-5-10-19)18-20-11-8-14-22(17-20)27-21-12-6-3-7-13-21;1-27-21(28)23(26-22(27)24,13-12-17-6-3-2-4-7-17)15-19-8-5-9-20(14-19)25-16-18-10-11-18;1-26-20(27)22(25-21(26)24,17-9-3-2-4-10-17)18-11-5-7-15(13-18)16-8-6-12-19(23)14-16;1-19(12-17(23)22(2)18(20)21-19)15-8-4-6-13(10-15)14-7-5-9-16(11-14)24-3;1-17(10-15(22)21(2)16(18)20-17)14-7-3-5-12(9-14)13-6-4-8-19-11-13/h19-22,27H,2-18H2,1H3,(H2,26,28);17-20,25H,2-16H2,1H3,(H2,24,26);2-14H,1H3,(H2,24,25);4-11H,12H2,1-3H3,(H2,20,21);3-9,11H,10H2,1-2H3,(H2,18,20)/t20-,22+,25+;19-,20+,23+;;19-;17-/m00.00/s1. The summed E-state index contributed by atoms with van der Waals surface area (Å²) in [5.74, 6) is 5.69. The van der Waals surface area contributed by atoms with Crippen molar-refractivity contribution in [3.8, 4) is 39.1 Å². The smallest absolute Gasteiger partial charge is 0.266 e. The number of nitrogens with two attached hydrogens (primary N) is 5. The molecule has 6 heterocycles. The van der Waals surface area contributed by atoms with Crippen molar-refractivity contribution in [1.82, 2.24) is 40.1 Å². The van der Waals surface area contributed by atoms with Crippen molar-refractivity contribution < 1.29 is 33.1 Å². The topological polar surface area (TPSA) is 340 Å². The number of rotatable bonds is 23. The minimum Gasteiger partial charge on any atom is -0.497 e. The van der Waals surface area contributed by atoms with E-state index in [0.29, 0.717) is 54.2 Å². The molecule has 698 valence electrons. The van der Waals surface area contributed by atoms with Crippen LogP contribution in [-0.2, 0) is 40.6 Å². The van der Waals surface area contributed by atoms with Crippen LogP contribution in [0.3, 0.4) is 0 Å². The molecule has 1 unspecified atom stereocenters. The molecule has 0 radical (unpaired) electrons. The first kappa shape index (κ1) is 95.9. The van der Waals surface area contributed by atoms with Crippen LogP contribution in [0.15, 0.2) is 201 Å². The summed E-state index contributed by atoms with van der Waals surface area (Å²) in [6, 6.07) is 53.0. The van der Waals surface area contributed by atoms with Gasteiger partial charge >= 0.3 is 0 Å². The molecule has 131 heavy (non-hydrogen) atoms. The minimum atomic E-state index is -1.25. The van der Waals surface area contributed by atoms with Gasteiger partial charge in [-0.1, -0.05) is 224 Å². The van der Waals surface area contributed by atoms with Gasteiger partial charge in [-0.15, -0.1) is 0 Å². The number of hydrogen-bond acceptors (Lipinski definition) is 19. The Hall–Kier alpha value is -11.2. The van der Waals surface area contributed by atoms with E-state index in [1.54, 1.807) is 64.4 Å². The quantitative estimate of drug-likeness (QED) is 0.0313. The predicted octanol–water partition coefficient (Wildman–Crippen LogP) is 17.0. The number of hydrogen-bond donors (Lipinski definition) is 7. The summed E-state index contributed by atoms with van der Waals surface area (Å²) in [4.78, 5) is 98.9. The molecule has 18 rings (SSSR count). The number of nitrogens with one attached hydrogen (secondary N) is 2. The number of methoxy groups -OCH3 is 1. The van der Waals surface area contributed by atoms with E-state index in [0.717, 1.165) is 118 Å². The second kappa shape index (κ2) is 43.0. The maximum absolute atomic E-state index is 13.7. The zero-order valence-electron chi connectivity index (χ0n) is 78.5. The van der Waals surface area contributed by atoms with Crippen molar-refractivity contribution in [2.24, 2.45) is 83.2 Å².